The Balaban J connectivity index is 0.000000192. The molecule has 14 aromatic carbocycles. The van der Waals surface area contributed by atoms with Gasteiger partial charge in [-0.15, -0.1) is 0 Å². The van der Waals surface area contributed by atoms with Crippen LogP contribution in [0.2, 0.25) is 0 Å². The highest BCUT2D eigenvalue weighted by Gasteiger charge is 2.26. The lowest BCUT2D eigenvalue weighted by Gasteiger charge is -2.14. The van der Waals surface area contributed by atoms with Crippen LogP contribution in [0.25, 0.3) is 22.3 Å². The first-order valence-corrected chi connectivity index (χ1v) is 42.8. The molecule has 738 valence electrons. The molecule has 0 bridgehead atoms. The largest absolute Gasteiger partial charge is 0.507 e. The van der Waals surface area contributed by atoms with E-state index in [0.29, 0.717) is 127 Å². The number of nitrogens with zero attached hydrogens (tertiary/aromatic N) is 1. The standard InChI is InChI=1S/C23H22O5.C20H16O4.C18H20O7.C18H18O6.C16H14O6.C15H11NO4/c1-15-12-17(16-8-6-5-7-9-16)10-11-19(15)28-23(24)18-13-21(26-3)22(27-4)14-20(18)25-2;1-23-17-11-12-18(19(21)13-17)20(22)24-16-9-7-15(8-10-16)14-5-3-2-4-6-14;1-20-13-7-6-11(8-15(13)22-3)25-18(19)12-9-16(23-4)17(24-5)10-14(12)21-2;1-4-23-14-9-10-15(16(11-14)21-2)18(20)24-13-7-5-12(6-8-13)17(19)22-3;1-20-12-7-8-13(14(17)9-12)16(19)22-11-5-3-10(4-6-11)15(18)21-2;1-19-12-6-7-13(14(17)8-12)15(18)20-11-4-2-10(9-16)3-5-11/h5-14H,1-4H3;2-13,21H,1H3;6-10H,1-5H3;5-11H,4H2,1-3H3;3-9,17H,1-2H3;2-8,17H,1H3. The first kappa shape index (κ1) is 108. The third-order valence-corrected chi connectivity index (χ3v) is 20.2. The van der Waals surface area contributed by atoms with E-state index in [1.807, 2.05) is 105 Å². The van der Waals surface area contributed by atoms with Crippen LogP contribution in [0.1, 0.15) is 101 Å². The summed E-state index contributed by atoms with van der Waals surface area (Å²) in [6.07, 6.45) is 0. The van der Waals surface area contributed by atoms with E-state index >= 15 is 0 Å². The van der Waals surface area contributed by atoms with Crippen molar-refractivity contribution >= 4 is 47.8 Å². The molecule has 0 heterocycles. The molecule has 0 saturated carbocycles. The second-order valence-corrected chi connectivity index (χ2v) is 29.0. The number of hydrogen-bond donors (Lipinski definition) is 3. The average Bonchev–Trinajstić information content (AvgIpc) is 0.806. The van der Waals surface area contributed by atoms with Crippen molar-refractivity contribution in [1.82, 2.24) is 0 Å². The second-order valence-electron chi connectivity index (χ2n) is 29.0. The second kappa shape index (κ2) is 54.2. The van der Waals surface area contributed by atoms with Gasteiger partial charge in [-0.25, -0.2) is 38.4 Å². The van der Waals surface area contributed by atoms with E-state index in [4.69, 9.17) is 95.3 Å². The third-order valence-electron chi connectivity index (χ3n) is 20.2. The summed E-state index contributed by atoms with van der Waals surface area (Å²) < 4.78 is 108. The van der Waals surface area contributed by atoms with Crippen molar-refractivity contribution < 1.29 is 153 Å². The molecule has 0 spiro atoms. The van der Waals surface area contributed by atoms with Crippen LogP contribution in [0.5, 0.6) is 126 Å². The first-order chi connectivity index (χ1) is 69.1. The molecular weight excluding hydrogens is 1850 g/mol. The Labute approximate surface area is 823 Å². The monoisotopic (exact) mass is 1950 g/mol. The van der Waals surface area contributed by atoms with Gasteiger partial charge in [-0.2, -0.15) is 5.26 Å². The predicted octanol–water partition coefficient (Wildman–Crippen LogP) is 20.1. The van der Waals surface area contributed by atoms with Gasteiger partial charge in [0.05, 0.1) is 129 Å². The highest BCUT2D eigenvalue weighted by atomic mass is 16.6. The van der Waals surface area contributed by atoms with Gasteiger partial charge in [0.25, 0.3) is 0 Å². The highest BCUT2D eigenvalue weighted by Crippen LogP contribution is 2.40. The zero-order valence-corrected chi connectivity index (χ0v) is 80.5. The van der Waals surface area contributed by atoms with Crippen molar-refractivity contribution in [2.45, 2.75) is 13.8 Å². The number of nitriles is 1. The fourth-order valence-corrected chi connectivity index (χ4v) is 12.8. The summed E-state index contributed by atoms with van der Waals surface area (Å²) in [5, 5.41) is 38.1. The third kappa shape index (κ3) is 30.3. The Hall–Kier alpha value is -18.9. The molecule has 0 aliphatic carbocycles. The molecule has 143 heavy (non-hydrogen) atoms. The van der Waals surface area contributed by atoms with Gasteiger partial charge in [0, 0.05) is 54.6 Å². The molecule has 0 amide bonds. The molecule has 0 unspecified atom stereocenters. The quantitative estimate of drug-likeness (QED) is 0.0278. The molecule has 33 nitrogen and oxygen atoms in total. The smallest absolute Gasteiger partial charge is 0.347 e. The SMILES string of the molecule is CCOc1ccc(C(=O)Oc2ccc(C(=O)OC)cc2)c(OC)c1.COC(=O)c1ccc(OC(=O)c2ccc(OC)cc2O)cc1.COc1cc(OC)c(C(=O)Oc2ccc(-c3ccccc3)cc2C)cc1OC.COc1ccc(C(=O)Oc2ccc(-c3ccccc3)cc2)c(O)c1.COc1ccc(C(=O)Oc2ccc(C#N)cc2)c(O)c1.COc1ccc(OC(=O)c2cc(OC)c(OC)cc2OC)cc1OC. The molecular formula is C110H101NO32. The lowest BCUT2D eigenvalue weighted by Crippen LogP contribution is -2.11. The molecule has 33 heteroatoms. The number of carbonyl (C=O) groups is 8. The Bertz CT molecular complexity index is 6750. The average molecular weight is 1950 g/mol. The topological polar surface area (TPSA) is 415 Å². The van der Waals surface area contributed by atoms with E-state index in [0.717, 1.165) is 27.8 Å². The molecule has 0 radical (unpaired) electrons. The maximum atomic E-state index is 12.8. The Morgan fingerprint density at radius 3 is 0.888 bits per heavy atom. The highest BCUT2D eigenvalue weighted by molar-refractivity contribution is 5.99. The predicted molar refractivity (Wildman–Crippen MR) is 525 cm³/mol. The molecule has 0 aromatic heterocycles. The van der Waals surface area contributed by atoms with Gasteiger partial charge < -0.3 is 115 Å². The molecule has 0 aliphatic rings. The van der Waals surface area contributed by atoms with Crippen molar-refractivity contribution in [2.75, 3.05) is 106 Å². The molecule has 0 atom stereocenters. The number of aromatic hydroxyl groups is 3. The number of carbonyl (C=O) groups excluding carboxylic acids is 8. The lowest BCUT2D eigenvalue weighted by atomic mass is 10.0. The van der Waals surface area contributed by atoms with E-state index < -0.39 is 47.8 Å². The van der Waals surface area contributed by atoms with Gasteiger partial charge >= 0.3 is 47.8 Å². The number of esters is 8. The number of aryl methyl sites for hydroxylation is 1. The van der Waals surface area contributed by atoms with Gasteiger partial charge in [-0.05, 0) is 199 Å². The fraction of sp³-hybridized carbons (Fsp3) is 0.155. The zero-order chi connectivity index (χ0) is 104. The van der Waals surface area contributed by atoms with Crippen LogP contribution in [0.3, 0.4) is 0 Å². The van der Waals surface area contributed by atoms with Crippen LogP contribution in [-0.2, 0) is 9.47 Å². The Morgan fingerprint density at radius 1 is 0.238 bits per heavy atom. The number of benzene rings is 14. The Kier molecular flexibility index (Phi) is 40.8. The zero-order valence-electron chi connectivity index (χ0n) is 80.5. The summed E-state index contributed by atoms with van der Waals surface area (Å²) in [6, 6.07) is 81.7. The van der Waals surface area contributed by atoms with E-state index in [-0.39, 0.29) is 56.4 Å². The summed E-state index contributed by atoms with van der Waals surface area (Å²) in [6.45, 7) is 4.28. The fourth-order valence-electron chi connectivity index (χ4n) is 12.8. The number of rotatable bonds is 30. The number of hydrogen-bond acceptors (Lipinski definition) is 33. The van der Waals surface area contributed by atoms with Crippen LogP contribution >= 0.6 is 0 Å². The number of phenols is 3. The van der Waals surface area contributed by atoms with E-state index in [2.05, 4.69) is 9.47 Å². The van der Waals surface area contributed by atoms with Crippen molar-refractivity contribution in [1.29, 1.82) is 5.26 Å². The van der Waals surface area contributed by atoms with Crippen LogP contribution < -0.4 is 90.0 Å². The Morgan fingerprint density at radius 2 is 0.524 bits per heavy atom. The van der Waals surface area contributed by atoms with Crippen LogP contribution in [0.15, 0.2) is 291 Å². The maximum Gasteiger partial charge on any atom is 0.347 e. The summed E-state index contributed by atoms with van der Waals surface area (Å²) in [4.78, 5) is 96.4. The van der Waals surface area contributed by atoms with E-state index in [1.54, 1.807) is 84.9 Å². The van der Waals surface area contributed by atoms with Crippen LogP contribution in [0, 0.1) is 18.3 Å². The van der Waals surface area contributed by atoms with E-state index in [9.17, 15) is 53.7 Å². The van der Waals surface area contributed by atoms with Crippen molar-refractivity contribution in [3.63, 3.8) is 0 Å². The normalized spacial score (nSPS) is 10.0. The summed E-state index contributed by atoms with van der Waals surface area (Å²) in [5.74, 6) is 2.41. The maximum absolute atomic E-state index is 12.8. The van der Waals surface area contributed by atoms with Crippen LogP contribution in [-0.4, -0.2) is 169 Å². The molecule has 14 aromatic rings. The summed E-state index contributed by atoms with van der Waals surface area (Å²) >= 11 is 0. The summed E-state index contributed by atoms with van der Waals surface area (Å²) in [7, 11) is 20.4. The molecule has 0 fully saturated rings. The van der Waals surface area contributed by atoms with Crippen molar-refractivity contribution in [3.05, 3.63) is 347 Å². The van der Waals surface area contributed by atoms with Gasteiger partial charge in [0.2, 0.25) is 0 Å². The molecule has 14 rings (SSSR count). The van der Waals surface area contributed by atoms with Gasteiger partial charge in [-0.1, -0.05) is 78.9 Å². The van der Waals surface area contributed by atoms with Gasteiger partial charge in [0.15, 0.2) is 34.5 Å². The van der Waals surface area contributed by atoms with Crippen molar-refractivity contribution in [2.24, 2.45) is 0 Å². The van der Waals surface area contributed by atoms with Gasteiger partial charge in [-0.3, -0.25) is 0 Å². The number of phenolic OH excluding ortho intramolecular Hbond substituents is 3. The van der Waals surface area contributed by atoms with E-state index in [1.165, 1.54) is 221 Å². The minimum absolute atomic E-state index is 0.0119. The number of methoxy groups -OCH3 is 14. The lowest BCUT2D eigenvalue weighted by molar-refractivity contribution is 0.0591. The van der Waals surface area contributed by atoms with Crippen molar-refractivity contribution in [3.8, 4) is 155 Å². The molecule has 0 aliphatic heterocycles. The first-order valence-electron chi connectivity index (χ1n) is 42.8. The minimum Gasteiger partial charge on any atom is -0.507 e. The van der Waals surface area contributed by atoms with Gasteiger partial charge in [0.1, 0.15) is 125 Å². The molecule has 3 N–H and O–H groups in total. The van der Waals surface area contributed by atoms with Crippen LogP contribution in [0.4, 0.5) is 0 Å². The molecule has 0 saturated heterocycles. The number of ether oxygens (including phenoxy) is 21. The minimum atomic E-state index is -0.717. The summed E-state index contributed by atoms with van der Waals surface area (Å²) in [5.41, 5.74) is 7.19.